The Morgan fingerprint density at radius 2 is 1.45 bits per heavy atom. The zero-order valence-electron chi connectivity index (χ0n) is 22.1. The van der Waals surface area contributed by atoms with Crippen molar-refractivity contribution in [1.82, 2.24) is 9.55 Å². The summed E-state index contributed by atoms with van der Waals surface area (Å²) in [5.41, 5.74) is 0.153. The number of methoxy groups -OCH3 is 2. The van der Waals surface area contributed by atoms with Gasteiger partial charge in [-0.25, -0.2) is 4.79 Å². The number of aromatic amines is 1. The maximum Gasteiger partial charge on any atom is 0.330 e. The molecule has 1 saturated heterocycles. The van der Waals surface area contributed by atoms with E-state index in [1.165, 1.54) is 16.8 Å². The highest BCUT2D eigenvalue weighted by atomic mass is 16.7. The van der Waals surface area contributed by atoms with Gasteiger partial charge in [0.15, 0.2) is 12.5 Å². The van der Waals surface area contributed by atoms with Crippen molar-refractivity contribution in [2.24, 2.45) is 0 Å². The fourth-order valence-electron chi connectivity index (χ4n) is 4.80. The first-order chi connectivity index (χ1) is 19.4. The molecule has 5 rings (SSSR count). The fraction of sp³-hybridized carbons (Fsp3) is 0.267. The maximum atomic E-state index is 12.4. The third-order valence-corrected chi connectivity index (χ3v) is 6.86. The predicted octanol–water partition coefficient (Wildman–Crippen LogP) is 2.79. The van der Waals surface area contributed by atoms with Crippen LogP contribution in [0.15, 0.2) is 101 Å². The molecule has 10 nitrogen and oxygen atoms in total. The van der Waals surface area contributed by atoms with Crippen LogP contribution in [0.1, 0.15) is 22.9 Å². The number of H-pyrrole nitrogens is 1. The number of aromatic nitrogens is 2. The molecule has 1 aromatic heterocycles. The number of hydrogen-bond acceptors (Lipinski definition) is 8. The molecule has 0 aliphatic carbocycles. The van der Waals surface area contributed by atoms with Crippen molar-refractivity contribution >= 4 is 0 Å². The van der Waals surface area contributed by atoms with Gasteiger partial charge in [-0.05, 0) is 41.0 Å². The third-order valence-electron chi connectivity index (χ3n) is 6.86. The molecular weight excluding hydrogens is 516 g/mol. The summed E-state index contributed by atoms with van der Waals surface area (Å²) in [5.74, 6) is 1.38. The van der Waals surface area contributed by atoms with Crippen LogP contribution in [-0.2, 0) is 19.8 Å². The van der Waals surface area contributed by atoms with Crippen LogP contribution >= 0.6 is 0 Å². The maximum absolute atomic E-state index is 12.4. The number of ether oxygens (including phenoxy) is 5. The van der Waals surface area contributed by atoms with Crippen LogP contribution in [0, 0.1) is 0 Å². The Kier molecular flexibility index (Phi) is 8.13. The van der Waals surface area contributed by atoms with Gasteiger partial charge in [0, 0.05) is 12.3 Å². The molecule has 0 saturated carbocycles. The van der Waals surface area contributed by atoms with Crippen molar-refractivity contribution in [3.63, 3.8) is 0 Å². The first kappa shape index (κ1) is 27.4. The summed E-state index contributed by atoms with van der Waals surface area (Å²) in [6.07, 6.45) is -1.82. The minimum Gasteiger partial charge on any atom is -0.497 e. The molecule has 2 N–H and O–H groups in total. The summed E-state index contributed by atoms with van der Waals surface area (Å²) < 4.78 is 30.4. The topological polar surface area (TPSA) is 121 Å². The Morgan fingerprint density at radius 3 is 2.00 bits per heavy atom. The summed E-state index contributed by atoms with van der Waals surface area (Å²) in [4.78, 5) is 26.1. The molecule has 0 radical (unpaired) electrons. The Bertz CT molecular complexity index is 1470. The summed E-state index contributed by atoms with van der Waals surface area (Å²) in [5, 5.41) is 10.7. The standard InChI is InChI=1S/C30H30N2O8/c1-36-23-12-8-21(9-13-23)30(20-6-4-3-5-7-20,22-10-14-24(37-2)15-11-22)39-18-25-28(34)38-19-27(40-25)32-17-16-26(33)31-29(32)35/h3-17,25,27-28,34H,18-19H2,1-2H3,(H,31,33,35)/t25-,27-,28?/m1/s1. The average molecular weight is 547 g/mol. The van der Waals surface area contributed by atoms with Crippen molar-refractivity contribution in [2.75, 3.05) is 27.4 Å². The zero-order chi connectivity index (χ0) is 28.1. The van der Waals surface area contributed by atoms with Crippen molar-refractivity contribution in [1.29, 1.82) is 0 Å². The highest BCUT2D eigenvalue weighted by molar-refractivity contribution is 5.49. The molecule has 3 aromatic carbocycles. The zero-order valence-corrected chi connectivity index (χ0v) is 22.1. The molecule has 0 spiro atoms. The minimum atomic E-state index is -1.31. The van der Waals surface area contributed by atoms with E-state index in [9.17, 15) is 14.7 Å². The van der Waals surface area contributed by atoms with Gasteiger partial charge in [-0.2, -0.15) is 0 Å². The van der Waals surface area contributed by atoms with Gasteiger partial charge in [-0.3, -0.25) is 14.3 Å². The molecule has 0 amide bonds. The normalized spacial score (nSPS) is 19.2. The highest BCUT2D eigenvalue weighted by Crippen LogP contribution is 2.42. The lowest BCUT2D eigenvalue weighted by molar-refractivity contribution is -0.284. The molecule has 1 aliphatic rings. The second kappa shape index (κ2) is 11.9. The van der Waals surface area contributed by atoms with E-state index in [1.54, 1.807) is 14.2 Å². The number of hydrogen-bond donors (Lipinski definition) is 2. The van der Waals surface area contributed by atoms with Gasteiger partial charge >= 0.3 is 5.69 Å². The molecule has 1 unspecified atom stereocenters. The molecule has 4 aromatic rings. The monoisotopic (exact) mass is 546 g/mol. The van der Waals surface area contributed by atoms with Crippen molar-refractivity contribution in [3.8, 4) is 11.5 Å². The Morgan fingerprint density at radius 1 is 0.875 bits per heavy atom. The van der Waals surface area contributed by atoms with Crippen LogP contribution in [0.4, 0.5) is 0 Å². The lowest BCUT2D eigenvalue weighted by Crippen LogP contribution is -2.48. The van der Waals surface area contributed by atoms with Gasteiger partial charge in [-0.15, -0.1) is 0 Å². The molecule has 0 bridgehead atoms. The smallest absolute Gasteiger partial charge is 0.330 e. The third kappa shape index (κ3) is 5.43. The Hall–Kier alpha value is -4.22. The second-order valence-corrected chi connectivity index (χ2v) is 9.19. The van der Waals surface area contributed by atoms with E-state index in [0.717, 1.165) is 16.7 Å². The van der Waals surface area contributed by atoms with E-state index in [4.69, 9.17) is 23.7 Å². The number of aliphatic hydroxyl groups excluding tert-OH is 1. The number of aliphatic hydroxyl groups is 1. The molecular formula is C30H30N2O8. The number of rotatable bonds is 9. The van der Waals surface area contributed by atoms with E-state index in [2.05, 4.69) is 4.98 Å². The van der Waals surface area contributed by atoms with Gasteiger partial charge in [-0.1, -0.05) is 54.6 Å². The second-order valence-electron chi connectivity index (χ2n) is 9.19. The molecule has 40 heavy (non-hydrogen) atoms. The molecule has 2 heterocycles. The SMILES string of the molecule is COc1ccc(C(OC[C@H]2O[C@@H](n3ccc(=O)[nH]c3=O)COC2O)(c2ccccc2)c2ccc(OC)cc2)cc1. The highest BCUT2D eigenvalue weighted by Gasteiger charge is 2.41. The summed E-state index contributed by atoms with van der Waals surface area (Å²) in [6, 6.07) is 26.0. The Balaban J connectivity index is 1.55. The largest absolute Gasteiger partial charge is 0.497 e. The van der Waals surface area contributed by atoms with E-state index >= 15 is 0 Å². The minimum absolute atomic E-state index is 0.0929. The fourth-order valence-corrected chi connectivity index (χ4v) is 4.80. The number of nitrogens with zero attached hydrogens (tertiary/aromatic N) is 1. The lowest BCUT2D eigenvalue weighted by atomic mass is 9.80. The van der Waals surface area contributed by atoms with Gasteiger partial charge in [0.25, 0.3) is 5.56 Å². The molecule has 1 aliphatic heterocycles. The molecule has 10 heteroatoms. The number of benzene rings is 3. The summed E-state index contributed by atoms with van der Waals surface area (Å²) in [7, 11) is 3.21. The van der Waals surface area contributed by atoms with Gasteiger partial charge in [0.2, 0.25) is 0 Å². The van der Waals surface area contributed by atoms with Gasteiger partial charge in [0.05, 0.1) is 27.4 Å². The van der Waals surface area contributed by atoms with Crippen molar-refractivity contribution in [2.45, 2.75) is 24.2 Å². The van der Waals surface area contributed by atoms with Gasteiger partial charge < -0.3 is 28.8 Å². The quantitative estimate of drug-likeness (QED) is 0.308. The lowest BCUT2D eigenvalue weighted by Gasteiger charge is -2.39. The van der Waals surface area contributed by atoms with Crippen LogP contribution in [0.2, 0.25) is 0 Å². The van der Waals surface area contributed by atoms with Crippen LogP contribution in [0.25, 0.3) is 0 Å². The van der Waals surface area contributed by atoms with Crippen LogP contribution in [0.5, 0.6) is 11.5 Å². The summed E-state index contributed by atoms with van der Waals surface area (Å²) >= 11 is 0. The number of nitrogens with one attached hydrogen (secondary N) is 1. The van der Waals surface area contributed by atoms with E-state index in [0.29, 0.717) is 11.5 Å². The molecule has 3 atom stereocenters. The summed E-state index contributed by atoms with van der Waals surface area (Å²) in [6.45, 7) is -0.201. The first-order valence-corrected chi connectivity index (χ1v) is 12.7. The van der Waals surface area contributed by atoms with Gasteiger partial charge in [0.1, 0.15) is 23.2 Å². The van der Waals surface area contributed by atoms with E-state index in [1.807, 2.05) is 78.9 Å². The first-order valence-electron chi connectivity index (χ1n) is 12.7. The molecule has 208 valence electrons. The Labute approximate surface area is 230 Å². The van der Waals surface area contributed by atoms with E-state index < -0.39 is 35.5 Å². The average Bonchev–Trinajstić information content (AvgIpc) is 2.99. The predicted molar refractivity (Wildman–Crippen MR) is 145 cm³/mol. The van der Waals surface area contributed by atoms with Crippen LogP contribution in [0.3, 0.4) is 0 Å². The van der Waals surface area contributed by atoms with Crippen molar-refractivity contribution < 1.29 is 28.8 Å². The van der Waals surface area contributed by atoms with Crippen LogP contribution in [-0.4, -0.2) is 54.5 Å². The van der Waals surface area contributed by atoms with Crippen molar-refractivity contribution in [3.05, 3.63) is 129 Å². The van der Waals surface area contributed by atoms with E-state index in [-0.39, 0.29) is 13.2 Å². The molecule has 1 fully saturated rings. The van der Waals surface area contributed by atoms with Crippen LogP contribution < -0.4 is 20.7 Å².